The Balaban J connectivity index is 1.42. The van der Waals surface area contributed by atoms with E-state index in [1.54, 1.807) is 32.6 Å². The molecule has 0 unspecified atom stereocenters. The number of hydrogen-bond donors (Lipinski definition) is 1. The number of hydrazone groups is 1. The average Bonchev–Trinajstić information content (AvgIpc) is 3.21. The molecule has 0 atom stereocenters. The minimum Gasteiger partial charge on any atom is -0.493 e. The molecular formula is C26H26N4O3S. The third kappa shape index (κ3) is 5.58. The summed E-state index contributed by atoms with van der Waals surface area (Å²) in [5.41, 5.74) is 7.71. The highest BCUT2D eigenvalue weighted by atomic mass is 32.2. The maximum Gasteiger partial charge on any atom is 0.250 e. The summed E-state index contributed by atoms with van der Waals surface area (Å²) in [6.45, 7) is 2.76. The first kappa shape index (κ1) is 23.4. The Labute approximate surface area is 202 Å². The first-order valence-corrected chi connectivity index (χ1v) is 11.7. The summed E-state index contributed by atoms with van der Waals surface area (Å²) in [4.78, 5) is 17.2. The number of aromatic nitrogens is 2. The topological polar surface area (TPSA) is 77.7 Å². The molecule has 34 heavy (non-hydrogen) atoms. The minimum absolute atomic E-state index is 0.195. The summed E-state index contributed by atoms with van der Waals surface area (Å²) in [5.74, 6) is 1.21. The molecule has 0 fully saturated rings. The van der Waals surface area contributed by atoms with Crippen LogP contribution in [0.2, 0.25) is 0 Å². The van der Waals surface area contributed by atoms with Crippen LogP contribution < -0.4 is 14.9 Å². The first-order valence-electron chi connectivity index (χ1n) is 10.7. The monoisotopic (exact) mass is 474 g/mol. The van der Waals surface area contributed by atoms with Gasteiger partial charge in [0.1, 0.15) is 0 Å². The second kappa shape index (κ2) is 10.9. The molecule has 0 aliphatic carbocycles. The van der Waals surface area contributed by atoms with E-state index < -0.39 is 0 Å². The molecule has 3 aromatic carbocycles. The second-order valence-electron chi connectivity index (χ2n) is 7.65. The Bertz CT molecular complexity index is 1320. The number of carbonyl (C=O) groups excluding carboxylic acids is 1. The van der Waals surface area contributed by atoms with Crippen LogP contribution in [0.1, 0.15) is 16.7 Å². The van der Waals surface area contributed by atoms with Crippen LogP contribution in [0.4, 0.5) is 0 Å². The van der Waals surface area contributed by atoms with E-state index in [1.807, 2.05) is 30.3 Å². The van der Waals surface area contributed by atoms with Crippen LogP contribution >= 0.6 is 11.8 Å². The predicted molar refractivity (Wildman–Crippen MR) is 136 cm³/mol. The molecule has 0 spiro atoms. The van der Waals surface area contributed by atoms with Gasteiger partial charge in [0, 0.05) is 0 Å². The molecule has 1 amide bonds. The number of methoxy groups -OCH3 is 2. The minimum atomic E-state index is -0.212. The van der Waals surface area contributed by atoms with Crippen LogP contribution in [0, 0.1) is 6.92 Å². The van der Waals surface area contributed by atoms with Gasteiger partial charge in [0.15, 0.2) is 16.7 Å². The van der Waals surface area contributed by atoms with Gasteiger partial charge in [-0.05, 0) is 48.4 Å². The fraction of sp³-hybridized carbons (Fsp3) is 0.192. The van der Waals surface area contributed by atoms with Crippen LogP contribution in [0.3, 0.4) is 0 Å². The number of carbonyl (C=O) groups is 1. The third-order valence-corrected chi connectivity index (χ3v) is 6.20. The van der Waals surface area contributed by atoms with Gasteiger partial charge in [-0.3, -0.25) is 4.79 Å². The number of nitrogens with zero attached hydrogens (tertiary/aromatic N) is 3. The van der Waals surface area contributed by atoms with Gasteiger partial charge in [-0.25, -0.2) is 10.4 Å². The van der Waals surface area contributed by atoms with E-state index in [0.717, 1.165) is 21.8 Å². The van der Waals surface area contributed by atoms with Crippen molar-refractivity contribution in [1.82, 2.24) is 15.0 Å². The van der Waals surface area contributed by atoms with Crippen molar-refractivity contribution in [1.29, 1.82) is 0 Å². The number of aryl methyl sites for hydroxylation is 1. The number of fused-ring (bicyclic) bond motifs is 1. The number of benzene rings is 3. The number of para-hydroxylation sites is 2. The summed E-state index contributed by atoms with van der Waals surface area (Å²) in [6.07, 6.45) is 1.57. The molecule has 0 aliphatic heterocycles. The largest absolute Gasteiger partial charge is 0.493 e. The van der Waals surface area contributed by atoms with Crippen LogP contribution in [-0.2, 0) is 11.3 Å². The van der Waals surface area contributed by atoms with Crippen molar-refractivity contribution >= 4 is 34.9 Å². The van der Waals surface area contributed by atoms with Crippen LogP contribution in [0.15, 0.2) is 77.0 Å². The Hall–Kier alpha value is -3.78. The normalized spacial score (nSPS) is 11.1. The van der Waals surface area contributed by atoms with E-state index in [9.17, 15) is 4.79 Å². The highest BCUT2D eigenvalue weighted by molar-refractivity contribution is 7.99. The highest BCUT2D eigenvalue weighted by Crippen LogP contribution is 2.27. The van der Waals surface area contributed by atoms with Gasteiger partial charge in [-0.15, -0.1) is 0 Å². The zero-order chi connectivity index (χ0) is 23.9. The smallest absolute Gasteiger partial charge is 0.250 e. The Morgan fingerprint density at radius 1 is 1.06 bits per heavy atom. The lowest BCUT2D eigenvalue weighted by Crippen LogP contribution is -2.20. The van der Waals surface area contributed by atoms with E-state index in [4.69, 9.17) is 14.5 Å². The molecule has 4 rings (SSSR count). The molecule has 0 saturated carbocycles. The van der Waals surface area contributed by atoms with Crippen molar-refractivity contribution in [2.45, 2.75) is 18.6 Å². The summed E-state index contributed by atoms with van der Waals surface area (Å²) < 4.78 is 12.7. The molecule has 0 bridgehead atoms. The maximum absolute atomic E-state index is 12.4. The van der Waals surface area contributed by atoms with E-state index in [0.29, 0.717) is 18.0 Å². The maximum atomic E-state index is 12.4. The lowest BCUT2D eigenvalue weighted by Gasteiger charge is -2.09. The average molecular weight is 475 g/mol. The van der Waals surface area contributed by atoms with Gasteiger partial charge in [0.25, 0.3) is 5.91 Å². The van der Waals surface area contributed by atoms with Crippen LogP contribution in [0.5, 0.6) is 11.5 Å². The first-order chi connectivity index (χ1) is 16.6. The molecule has 0 radical (unpaired) electrons. The number of nitrogens with one attached hydrogen (secondary N) is 1. The Morgan fingerprint density at radius 2 is 1.82 bits per heavy atom. The van der Waals surface area contributed by atoms with Gasteiger partial charge in [0.2, 0.25) is 0 Å². The number of hydrogen-bond acceptors (Lipinski definition) is 6. The molecule has 0 aliphatic rings. The van der Waals surface area contributed by atoms with Gasteiger partial charge in [-0.1, -0.05) is 53.7 Å². The summed E-state index contributed by atoms with van der Waals surface area (Å²) in [5, 5.41) is 4.86. The zero-order valence-corrected chi connectivity index (χ0v) is 20.1. The zero-order valence-electron chi connectivity index (χ0n) is 19.3. The molecule has 0 saturated heterocycles. The quantitative estimate of drug-likeness (QED) is 0.217. The van der Waals surface area contributed by atoms with Crippen molar-refractivity contribution in [2.24, 2.45) is 5.10 Å². The number of rotatable bonds is 9. The van der Waals surface area contributed by atoms with Crippen molar-refractivity contribution < 1.29 is 14.3 Å². The van der Waals surface area contributed by atoms with E-state index in [-0.39, 0.29) is 11.7 Å². The van der Waals surface area contributed by atoms with E-state index in [2.05, 4.69) is 46.3 Å². The summed E-state index contributed by atoms with van der Waals surface area (Å²) >= 11 is 1.39. The Morgan fingerprint density at radius 3 is 2.59 bits per heavy atom. The Kier molecular flexibility index (Phi) is 7.49. The van der Waals surface area contributed by atoms with E-state index >= 15 is 0 Å². The van der Waals surface area contributed by atoms with Gasteiger partial charge in [-0.2, -0.15) is 5.10 Å². The van der Waals surface area contributed by atoms with Crippen LogP contribution in [-0.4, -0.2) is 41.6 Å². The SMILES string of the molecule is COc1ccc(/C=N/NC(=O)CSc2nc3ccccc3n2Cc2ccc(C)cc2)cc1OC. The highest BCUT2D eigenvalue weighted by Gasteiger charge is 2.13. The standard InChI is InChI=1S/C26H26N4O3S/c1-18-8-10-19(11-9-18)16-30-22-7-5-4-6-21(22)28-26(30)34-17-25(31)29-27-15-20-12-13-23(32-2)24(14-20)33-3/h4-15H,16-17H2,1-3H3,(H,29,31)/b27-15+. The van der Waals surface area contributed by atoms with Gasteiger partial charge in [0.05, 0.1) is 43.8 Å². The van der Waals surface area contributed by atoms with Crippen molar-refractivity contribution in [3.05, 3.63) is 83.4 Å². The molecule has 4 aromatic rings. The molecule has 1 heterocycles. The van der Waals surface area contributed by atoms with Crippen LogP contribution in [0.25, 0.3) is 11.0 Å². The second-order valence-corrected chi connectivity index (χ2v) is 8.59. The summed E-state index contributed by atoms with van der Waals surface area (Å²) in [6, 6.07) is 21.9. The van der Waals surface area contributed by atoms with Crippen molar-refractivity contribution in [3.63, 3.8) is 0 Å². The number of ether oxygens (including phenoxy) is 2. The number of imidazole rings is 1. The molecule has 1 N–H and O–H groups in total. The van der Waals surface area contributed by atoms with Gasteiger partial charge >= 0.3 is 0 Å². The van der Waals surface area contributed by atoms with E-state index in [1.165, 1.54) is 22.9 Å². The van der Waals surface area contributed by atoms with Crippen molar-refractivity contribution in [2.75, 3.05) is 20.0 Å². The lowest BCUT2D eigenvalue weighted by molar-refractivity contribution is -0.118. The summed E-state index contributed by atoms with van der Waals surface area (Å²) in [7, 11) is 3.16. The third-order valence-electron chi connectivity index (χ3n) is 5.22. The molecule has 8 heteroatoms. The fourth-order valence-electron chi connectivity index (χ4n) is 3.47. The molecular weight excluding hydrogens is 448 g/mol. The lowest BCUT2D eigenvalue weighted by atomic mass is 10.1. The predicted octanol–water partition coefficient (Wildman–Crippen LogP) is 4.65. The molecule has 1 aromatic heterocycles. The molecule has 174 valence electrons. The van der Waals surface area contributed by atoms with Crippen molar-refractivity contribution in [3.8, 4) is 11.5 Å². The number of thioether (sulfide) groups is 1. The van der Waals surface area contributed by atoms with Gasteiger partial charge < -0.3 is 14.0 Å². The molecule has 7 nitrogen and oxygen atoms in total. The fourth-order valence-corrected chi connectivity index (χ4v) is 4.27. The number of amides is 1.